The molecule has 0 aliphatic carbocycles. The van der Waals surface area contributed by atoms with Crippen LogP contribution >= 0.6 is 11.3 Å². The lowest BCUT2D eigenvalue weighted by atomic mass is 10.1. The topological polar surface area (TPSA) is 85.9 Å². The Hall–Kier alpha value is -3.52. The number of anilines is 2. The second-order valence-corrected chi connectivity index (χ2v) is 6.85. The van der Waals surface area contributed by atoms with E-state index in [4.69, 9.17) is 14.2 Å². The highest BCUT2D eigenvalue weighted by Gasteiger charge is 2.14. The number of carbonyl (C=O) groups is 2. The maximum atomic E-state index is 12.6. The summed E-state index contributed by atoms with van der Waals surface area (Å²) in [6.45, 7) is 0. The second-order valence-electron chi connectivity index (χ2n) is 5.90. The molecule has 8 heteroatoms. The summed E-state index contributed by atoms with van der Waals surface area (Å²) in [6.07, 6.45) is 0. The van der Waals surface area contributed by atoms with E-state index in [1.54, 1.807) is 42.5 Å². The molecule has 150 valence electrons. The van der Waals surface area contributed by atoms with Gasteiger partial charge < -0.3 is 24.8 Å². The molecule has 0 saturated heterocycles. The van der Waals surface area contributed by atoms with Crippen LogP contribution in [-0.4, -0.2) is 33.1 Å². The summed E-state index contributed by atoms with van der Waals surface area (Å²) in [5.74, 6) is 0.895. The quantitative estimate of drug-likeness (QED) is 0.605. The van der Waals surface area contributed by atoms with Crippen molar-refractivity contribution in [3.63, 3.8) is 0 Å². The first kappa shape index (κ1) is 20.2. The Morgan fingerprint density at radius 2 is 1.55 bits per heavy atom. The van der Waals surface area contributed by atoms with E-state index in [1.165, 1.54) is 32.7 Å². The predicted octanol–water partition coefficient (Wildman–Crippen LogP) is 4.28. The largest absolute Gasteiger partial charge is 0.497 e. The van der Waals surface area contributed by atoms with Crippen molar-refractivity contribution in [3.8, 4) is 17.2 Å². The number of benzene rings is 2. The first-order valence-corrected chi connectivity index (χ1v) is 9.49. The van der Waals surface area contributed by atoms with Crippen LogP contribution in [0.3, 0.4) is 0 Å². The molecule has 3 rings (SSSR count). The fourth-order valence-electron chi connectivity index (χ4n) is 2.61. The monoisotopic (exact) mass is 412 g/mol. The van der Waals surface area contributed by atoms with Gasteiger partial charge in [-0.15, -0.1) is 11.3 Å². The summed E-state index contributed by atoms with van der Waals surface area (Å²) in [5.41, 5.74) is 1.41. The van der Waals surface area contributed by atoms with Gasteiger partial charge in [-0.2, -0.15) is 0 Å². The molecule has 3 aromatic rings. The van der Waals surface area contributed by atoms with Crippen molar-refractivity contribution in [1.82, 2.24) is 0 Å². The highest BCUT2D eigenvalue weighted by atomic mass is 32.1. The van der Waals surface area contributed by atoms with E-state index in [0.717, 1.165) is 0 Å². The first-order valence-electron chi connectivity index (χ1n) is 8.61. The van der Waals surface area contributed by atoms with E-state index in [2.05, 4.69) is 10.6 Å². The number of hydrogen-bond acceptors (Lipinski definition) is 6. The highest BCUT2D eigenvalue weighted by molar-refractivity contribution is 7.12. The highest BCUT2D eigenvalue weighted by Crippen LogP contribution is 2.29. The maximum Gasteiger partial charge on any atom is 0.265 e. The number of methoxy groups -OCH3 is 3. The van der Waals surface area contributed by atoms with Gasteiger partial charge in [-0.1, -0.05) is 6.07 Å². The van der Waals surface area contributed by atoms with E-state index >= 15 is 0 Å². The van der Waals surface area contributed by atoms with Crippen molar-refractivity contribution in [2.24, 2.45) is 0 Å². The minimum absolute atomic E-state index is 0.224. The molecule has 0 saturated carbocycles. The van der Waals surface area contributed by atoms with Gasteiger partial charge in [0.25, 0.3) is 11.8 Å². The molecule has 1 aromatic heterocycles. The molecular formula is C21H20N2O5S. The third-order valence-corrected chi connectivity index (χ3v) is 4.93. The molecule has 1 heterocycles. The van der Waals surface area contributed by atoms with E-state index in [0.29, 0.717) is 39.1 Å². The van der Waals surface area contributed by atoms with Gasteiger partial charge in [-0.25, -0.2) is 0 Å². The second kappa shape index (κ2) is 9.11. The number of thiophene rings is 1. The zero-order valence-corrected chi connectivity index (χ0v) is 17.0. The number of amides is 2. The minimum Gasteiger partial charge on any atom is -0.497 e. The average Bonchev–Trinajstić information content (AvgIpc) is 3.29. The van der Waals surface area contributed by atoms with Crippen LogP contribution in [0.5, 0.6) is 17.2 Å². The van der Waals surface area contributed by atoms with Gasteiger partial charge in [-0.3, -0.25) is 9.59 Å². The molecule has 0 radical (unpaired) electrons. The molecule has 0 unspecified atom stereocenters. The third kappa shape index (κ3) is 4.85. The number of ether oxygens (including phenoxy) is 3. The van der Waals surface area contributed by atoms with Crippen LogP contribution in [0.1, 0.15) is 20.0 Å². The molecule has 2 amide bonds. The zero-order valence-electron chi connectivity index (χ0n) is 16.1. The summed E-state index contributed by atoms with van der Waals surface area (Å²) in [7, 11) is 4.53. The van der Waals surface area contributed by atoms with Crippen LogP contribution in [0.2, 0.25) is 0 Å². The lowest BCUT2D eigenvalue weighted by Crippen LogP contribution is -2.13. The molecule has 2 N–H and O–H groups in total. The summed E-state index contributed by atoms with van der Waals surface area (Å²) in [6, 6.07) is 13.5. The van der Waals surface area contributed by atoms with E-state index in [-0.39, 0.29) is 11.8 Å². The predicted molar refractivity (Wildman–Crippen MR) is 113 cm³/mol. The normalized spacial score (nSPS) is 10.2. The average molecular weight is 412 g/mol. The van der Waals surface area contributed by atoms with Gasteiger partial charge in [0.2, 0.25) is 0 Å². The Labute approximate surface area is 172 Å². The van der Waals surface area contributed by atoms with Gasteiger partial charge in [-0.05, 0) is 35.7 Å². The molecule has 2 aromatic carbocycles. The van der Waals surface area contributed by atoms with Crippen LogP contribution in [0, 0.1) is 0 Å². The standard InChI is InChI=1S/C21H20N2O5S/c1-26-15-9-13(10-16(12-15)27-2)20(24)22-14-6-7-17(18(11-14)28-3)23-21(25)19-5-4-8-29-19/h4-12H,1-3H3,(H,22,24)(H,23,25). The molecule has 7 nitrogen and oxygen atoms in total. The van der Waals surface area contributed by atoms with E-state index < -0.39 is 0 Å². The molecule has 0 spiro atoms. The zero-order chi connectivity index (χ0) is 20.8. The molecular weight excluding hydrogens is 392 g/mol. The molecule has 0 aliphatic rings. The van der Waals surface area contributed by atoms with Crippen molar-refractivity contribution < 1.29 is 23.8 Å². The van der Waals surface area contributed by atoms with Crippen molar-refractivity contribution in [1.29, 1.82) is 0 Å². The van der Waals surface area contributed by atoms with Gasteiger partial charge in [0.1, 0.15) is 17.2 Å². The maximum absolute atomic E-state index is 12.6. The molecule has 0 fully saturated rings. The lowest BCUT2D eigenvalue weighted by molar-refractivity contribution is 0.101. The number of hydrogen-bond donors (Lipinski definition) is 2. The Morgan fingerprint density at radius 1 is 0.828 bits per heavy atom. The molecule has 0 atom stereocenters. The fourth-order valence-corrected chi connectivity index (χ4v) is 3.22. The summed E-state index contributed by atoms with van der Waals surface area (Å²) < 4.78 is 15.8. The van der Waals surface area contributed by atoms with Gasteiger partial charge >= 0.3 is 0 Å². The van der Waals surface area contributed by atoms with Crippen LogP contribution in [0.25, 0.3) is 0 Å². The molecule has 0 aliphatic heterocycles. The van der Waals surface area contributed by atoms with Crippen LogP contribution in [0.4, 0.5) is 11.4 Å². The number of carbonyl (C=O) groups excluding carboxylic acids is 2. The first-order chi connectivity index (χ1) is 14.0. The van der Waals surface area contributed by atoms with Crippen molar-refractivity contribution in [2.45, 2.75) is 0 Å². The van der Waals surface area contributed by atoms with E-state index in [1.807, 2.05) is 11.4 Å². The Morgan fingerprint density at radius 3 is 2.14 bits per heavy atom. The Kier molecular flexibility index (Phi) is 6.36. The fraction of sp³-hybridized carbons (Fsp3) is 0.143. The van der Waals surface area contributed by atoms with Gasteiger partial charge in [0, 0.05) is 23.4 Å². The van der Waals surface area contributed by atoms with Gasteiger partial charge in [0.15, 0.2) is 0 Å². The molecule has 29 heavy (non-hydrogen) atoms. The smallest absolute Gasteiger partial charge is 0.265 e. The molecule has 0 bridgehead atoms. The van der Waals surface area contributed by atoms with Gasteiger partial charge in [0.05, 0.1) is 31.9 Å². The number of nitrogens with one attached hydrogen (secondary N) is 2. The third-order valence-electron chi connectivity index (χ3n) is 4.07. The van der Waals surface area contributed by atoms with E-state index in [9.17, 15) is 9.59 Å². The van der Waals surface area contributed by atoms with Crippen LogP contribution in [0.15, 0.2) is 53.9 Å². The van der Waals surface area contributed by atoms with Crippen LogP contribution in [-0.2, 0) is 0 Å². The SMILES string of the molecule is COc1cc(OC)cc(C(=O)Nc2ccc(NC(=O)c3cccs3)c(OC)c2)c1. The Bertz CT molecular complexity index is 996. The van der Waals surface area contributed by atoms with Crippen molar-refractivity contribution in [3.05, 3.63) is 64.4 Å². The minimum atomic E-state index is -0.334. The Balaban J connectivity index is 1.78. The summed E-state index contributed by atoms with van der Waals surface area (Å²) in [5, 5.41) is 7.44. The number of rotatable bonds is 7. The summed E-state index contributed by atoms with van der Waals surface area (Å²) >= 11 is 1.35. The van der Waals surface area contributed by atoms with Crippen molar-refractivity contribution >= 4 is 34.5 Å². The van der Waals surface area contributed by atoms with Crippen molar-refractivity contribution in [2.75, 3.05) is 32.0 Å². The summed E-state index contributed by atoms with van der Waals surface area (Å²) in [4.78, 5) is 25.5. The lowest BCUT2D eigenvalue weighted by Gasteiger charge is -2.13. The van der Waals surface area contributed by atoms with Crippen LogP contribution < -0.4 is 24.8 Å².